The fourth-order valence-corrected chi connectivity index (χ4v) is 2.69. The summed E-state index contributed by atoms with van der Waals surface area (Å²) in [5, 5.41) is 3.53. The highest BCUT2D eigenvalue weighted by Crippen LogP contribution is 2.11. The molecule has 1 rings (SSSR count). The van der Waals surface area contributed by atoms with E-state index in [2.05, 4.69) is 35.8 Å². The molecule has 1 N–H and O–H groups in total. The molecule has 0 aromatic heterocycles. The van der Waals surface area contributed by atoms with Crippen LogP contribution in [0.25, 0.3) is 0 Å². The molecule has 0 bridgehead atoms. The minimum atomic E-state index is 0.716. The third-order valence-corrected chi connectivity index (χ3v) is 3.76. The summed E-state index contributed by atoms with van der Waals surface area (Å²) in [4.78, 5) is 2.61. The molecule has 14 heavy (non-hydrogen) atoms. The molecule has 0 amide bonds. The predicted octanol–water partition coefficient (Wildman–Crippen LogP) is 1.81. The zero-order chi connectivity index (χ0) is 10.2. The number of hydrogen-bond acceptors (Lipinski definition) is 3. The summed E-state index contributed by atoms with van der Waals surface area (Å²) in [6.07, 6.45) is 2.60. The van der Waals surface area contributed by atoms with E-state index in [1.54, 1.807) is 0 Å². The lowest BCUT2D eigenvalue weighted by atomic mass is 10.2. The average Bonchev–Trinajstić information content (AvgIpc) is 2.25. The van der Waals surface area contributed by atoms with Crippen LogP contribution in [-0.4, -0.2) is 48.6 Å². The summed E-state index contributed by atoms with van der Waals surface area (Å²) in [7, 11) is 0. The Labute approximate surface area is 92.8 Å². The quantitative estimate of drug-likeness (QED) is 0.682. The fraction of sp³-hybridized carbons (Fsp3) is 1.00. The number of nitrogens with one attached hydrogen (secondary N) is 1. The van der Waals surface area contributed by atoms with Gasteiger partial charge in [-0.05, 0) is 19.9 Å². The van der Waals surface area contributed by atoms with Crippen molar-refractivity contribution in [1.29, 1.82) is 0 Å². The lowest BCUT2D eigenvalue weighted by molar-refractivity contribution is 0.225. The summed E-state index contributed by atoms with van der Waals surface area (Å²) in [5.74, 6) is 2.64. The van der Waals surface area contributed by atoms with Crippen LogP contribution in [0, 0.1) is 0 Å². The Hall–Kier alpha value is 0.270. The van der Waals surface area contributed by atoms with Gasteiger partial charge in [0.2, 0.25) is 0 Å². The summed E-state index contributed by atoms with van der Waals surface area (Å²) in [5.41, 5.74) is 0. The van der Waals surface area contributed by atoms with Crippen molar-refractivity contribution >= 4 is 11.8 Å². The summed E-state index contributed by atoms with van der Waals surface area (Å²) in [6.45, 7) is 9.48. The SMILES string of the molecule is CCCCNCC(C)N1CCSCC1. The van der Waals surface area contributed by atoms with E-state index in [9.17, 15) is 0 Å². The van der Waals surface area contributed by atoms with E-state index >= 15 is 0 Å². The first-order valence-electron chi connectivity index (χ1n) is 5.87. The highest BCUT2D eigenvalue weighted by Gasteiger charge is 2.15. The molecule has 3 heteroatoms. The van der Waals surface area contributed by atoms with E-state index < -0.39 is 0 Å². The second-order valence-electron chi connectivity index (χ2n) is 4.06. The Morgan fingerprint density at radius 3 is 2.71 bits per heavy atom. The number of thioether (sulfide) groups is 1. The highest BCUT2D eigenvalue weighted by atomic mass is 32.2. The molecule has 1 atom stereocenters. The zero-order valence-corrected chi connectivity index (χ0v) is 10.4. The van der Waals surface area contributed by atoms with Crippen molar-refractivity contribution in [1.82, 2.24) is 10.2 Å². The van der Waals surface area contributed by atoms with Crippen molar-refractivity contribution in [2.24, 2.45) is 0 Å². The van der Waals surface area contributed by atoms with E-state index in [1.165, 1.54) is 44.0 Å². The van der Waals surface area contributed by atoms with Crippen molar-refractivity contribution in [2.45, 2.75) is 32.7 Å². The van der Waals surface area contributed by atoms with Crippen molar-refractivity contribution in [3.63, 3.8) is 0 Å². The molecular weight excluding hydrogens is 192 g/mol. The van der Waals surface area contributed by atoms with E-state index in [0.29, 0.717) is 6.04 Å². The molecule has 1 unspecified atom stereocenters. The van der Waals surface area contributed by atoms with Crippen molar-refractivity contribution < 1.29 is 0 Å². The van der Waals surface area contributed by atoms with Crippen LogP contribution in [-0.2, 0) is 0 Å². The summed E-state index contributed by atoms with van der Waals surface area (Å²) >= 11 is 2.09. The molecule has 84 valence electrons. The zero-order valence-electron chi connectivity index (χ0n) is 9.59. The Morgan fingerprint density at radius 1 is 1.36 bits per heavy atom. The third-order valence-electron chi connectivity index (χ3n) is 2.82. The predicted molar refractivity (Wildman–Crippen MR) is 66.1 cm³/mol. The van der Waals surface area contributed by atoms with Crippen molar-refractivity contribution in [3.8, 4) is 0 Å². The van der Waals surface area contributed by atoms with Gasteiger partial charge in [0.05, 0.1) is 0 Å². The van der Waals surface area contributed by atoms with Crippen LogP contribution in [0.4, 0.5) is 0 Å². The van der Waals surface area contributed by atoms with Crippen LogP contribution >= 0.6 is 11.8 Å². The molecule has 0 radical (unpaired) electrons. The fourth-order valence-electron chi connectivity index (χ4n) is 1.76. The largest absolute Gasteiger partial charge is 0.315 e. The summed E-state index contributed by atoms with van der Waals surface area (Å²) < 4.78 is 0. The molecular formula is C11H24N2S. The van der Waals surface area contributed by atoms with Crippen molar-refractivity contribution in [2.75, 3.05) is 37.7 Å². The molecule has 0 saturated carbocycles. The number of hydrogen-bond donors (Lipinski definition) is 1. The van der Waals surface area contributed by atoms with E-state index in [1.807, 2.05) is 0 Å². The standard InChI is InChI=1S/C11H24N2S/c1-3-4-5-12-10-11(2)13-6-8-14-9-7-13/h11-12H,3-10H2,1-2H3. The van der Waals surface area contributed by atoms with Crippen molar-refractivity contribution in [3.05, 3.63) is 0 Å². The maximum atomic E-state index is 3.53. The molecule has 1 fully saturated rings. The molecule has 0 aromatic carbocycles. The van der Waals surface area contributed by atoms with Crippen LogP contribution in [0.1, 0.15) is 26.7 Å². The van der Waals surface area contributed by atoms with Gasteiger partial charge in [-0.15, -0.1) is 0 Å². The van der Waals surface area contributed by atoms with Gasteiger partial charge in [0.15, 0.2) is 0 Å². The van der Waals surface area contributed by atoms with Crippen LogP contribution in [0.5, 0.6) is 0 Å². The normalized spacial score (nSPS) is 21.0. The van der Waals surface area contributed by atoms with Gasteiger partial charge in [0.25, 0.3) is 0 Å². The van der Waals surface area contributed by atoms with Gasteiger partial charge in [-0.1, -0.05) is 13.3 Å². The van der Waals surface area contributed by atoms with E-state index in [-0.39, 0.29) is 0 Å². The number of nitrogens with zero attached hydrogens (tertiary/aromatic N) is 1. The molecule has 0 aromatic rings. The van der Waals surface area contributed by atoms with Gasteiger partial charge in [-0.2, -0.15) is 11.8 Å². The molecule has 1 saturated heterocycles. The molecule has 1 heterocycles. The second-order valence-corrected chi connectivity index (χ2v) is 5.28. The molecule has 0 spiro atoms. The summed E-state index contributed by atoms with van der Waals surface area (Å²) in [6, 6.07) is 0.716. The van der Waals surface area contributed by atoms with Gasteiger partial charge in [0.1, 0.15) is 0 Å². The third kappa shape index (κ3) is 4.67. The average molecular weight is 216 g/mol. The van der Waals surface area contributed by atoms with Crippen LogP contribution in [0.2, 0.25) is 0 Å². The first-order chi connectivity index (χ1) is 6.84. The molecule has 0 aliphatic carbocycles. The molecule has 2 nitrogen and oxygen atoms in total. The van der Waals surface area contributed by atoms with E-state index in [0.717, 1.165) is 6.54 Å². The Bertz CT molecular complexity index is 135. The van der Waals surface area contributed by atoms with Gasteiger partial charge >= 0.3 is 0 Å². The second kappa shape index (κ2) is 7.55. The smallest absolute Gasteiger partial charge is 0.0193 e. The lowest BCUT2D eigenvalue weighted by Gasteiger charge is -2.32. The van der Waals surface area contributed by atoms with Gasteiger partial charge in [-0.3, -0.25) is 4.90 Å². The molecule has 1 aliphatic rings. The Morgan fingerprint density at radius 2 is 2.07 bits per heavy atom. The van der Waals surface area contributed by atoms with Gasteiger partial charge in [0, 0.05) is 37.2 Å². The topological polar surface area (TPSA) is 15.3 Å². The van der Waals surface area contributed by atoms with E-state index in [4.69, 9.17) is 0 Å². The number of unbranched alkanes of at least 4 members (excludes halogenated alkanes) is 1. The Kier molecular flexibility index (Phi) is 6.65. The first kappa shape index (κ1) is 12.3. The highest BCUT2D eigenvalue weighted by molar-refractivity contribution is 7.99. The minimum absolute atomic E-state index is 0.716. The number of rotatable bonds is 6. The van der Waals surface area contributed by atoms with Gasteiger partial charge < -0.3 is 5.32 Å². The van der Waals surface area contributed by atoms with Gasteiger partial charge in [-0.25, -0.2) is 0 Å². The maximum Gasteiger partial charge on any atom is 0.0193 e. The lowest BCUT2D eigenvalue weighted by Crippen LogP contribution is -2.44. The molecule has 1 aliphatic heterocycles. The maximum absolute atomic E-state index is 3.53. The van der Waals surface area contributed by atoms with Crippen LogP contribution < -0.4 is 5.32 Å². The first-order valence-corrected chi connectivity index (χ1v) is 7.02. The van der Waals surface area contributed by atoms with Crippen LogP contribution in [0.15, 0.2) is 0 Å². The Balaban J connectivity index is 2.04. The minimum Gasteiger partial charge on any atom is -0.315 e. The monoisotopic (exact) mass is 216 g/mol. The van der Waals surface area contributed by atoms with Crippen LogP contribution in [0.3, 0.4) is 0 Å².